The molecule has 1 aliphatic rings. The SMILES string of the molecule is C=CCCNC(=O)CCC1CCCCO1. The molecule has 15 heavy (non-hydrogen) atoms. The lowest BCUT2D eigenvalue weighted by molar-refractivity contribution is -0.122. The predicted molar refractivity (Wildman–Crippen MR) is 60.6 cm³/mol. The van der Waals surface area contributed by atoms with Gasteiger partial charge in [-0.2, -0.15) is 0 Å². The molecule has 1 N–H and O–H groups in total. The minimum atomic E-state index is 0.131. The Hall–Kier alpha value is -0.830. The summed E-state index contributed by atoms with van der Waals surface area (Å²) >= 11 is 0. The maximum absolute atomic E-state index is 11.4. The van der Waals surface area contributed by atoms with E-state index in [1.54, 1.807) is 0 Å². The molecule has 1 saturated heterocycles. The van der Waals surface area contributed by atoms with E-state index in [0.717, 1.165) is 25.9 Å². The normalized spacial score (nSPS) is 20.9. The van der Waals surface area contributed by atoms with Gasteiger partial charge in [0.15, 0.2) is 0 Å². The average Bonchev–Trinajstić information content (AvgIpc) is 2.28. The van der Waals surface area contributed by atoms with Crippen LogP contribution in [0.5, 0.6) is 0 Å². The van der Waals surface area contributed by atoms with E-state index >= 15 is 0 Å². The third-order valence-electron chi connectivity index (χ3n) is 2.64. The van der Waals surface area contributed by atoms with E-state index in [9.17, 15) is 4.79 Å². The first kappa shape index (κ1) is 12.2. The number of ether oxygens (including phenoxy) is 1. The maximum Gasteiger partial charge on any atom is 0.220 e. The molecular weight excluding hydrogens is 190 g/mol. The van der Waals surface area contributed by atoms with Gasteiger partial charge in [0.1, 0.15) is 0 Å². The molecule has 1 amide bonds. The van der Waals surface area contributed by atoms with Crippen molar-refractivity contribution in [3.63, 3.8) is 0 Å². The Bertz CT molecular complexity index is 198. The van der Waals surface area contributed by atoms with Crippen molar-refractivity contribution in [2.24, 2.45) is 0 Å². The summed E-state index contributed by atoms with van der Waals surface area (Å²) in [6, 6.07) is 0. The summed E-state index contributed by atoms with van der Waals surface area (Å²) in [4.78, 5) is 11.4. The fourth-order valence-electron chi connectivity index (χ4n) is 1.73. The Balaban J connectivity index is 2.02. The molecule has 1 rings (SSSR count). The van der Waals surface area contributed by atoms with Crippen molar-refractivity contribution >= 4 is 5.91 Å². The van der Waals surface area contributed by atoms with E-state index in [2.05, 4.69) is 11.9 Å². The molecule has 3 nitrogen and oxygen atoms in total. The molecule has 1 fully saturated rings. The fraction of sp³-hybridized carbons (Fsp3) is 0.750. The molecule has 0 aromatic carbocycles. The number of carbonyl (C=O) groups excluding carboxylic acids is 1. The molecule has 86 valence electrons. The molecule has 0 radical (unpaired) electrons. The second kappa shape index (κ2) is 7.46. The minimum absolute atomic E-state index is 0.131. The first-order chi connectivity index (χ1) is 7.33. The molecule has 1 aliphatic heterocycles. The van der Waals surface area contributed by atoms with E-state index < -0.39 is 0 Å². The summed E-state index contributed by atoms with van der Waals surface area (Å²) in [5, 5.41) is 2.86. The molecule has 1 atom stereocenters. The van der Waals surface area contributed by atoms with E-state index in [4.69, 9.17) is 4.74 Å². The minimum Gasteiger partial charge on any atom is -0.378 e. The van der Waals surface area contributed by atoms with E-state index in [1.165, 1.54) is 12.8 Å². The zero-order valence-corrected chi connectivity index (χ0v) is 9.34. The molecule has 0 spiro atoms. The first-order valence-corrected chi connectivity index (χ1v) is 5.82. The standard InChI is InChI=1S/C12H21NO2/c1-2-3-9-13-12(14)8-7-11-6-4-5-10-15-11/h2,11H,1,3-10H2,(H,13,14). The van der Waals surface area contributed by atoms with Crippen molar-refractivity contribution in [2.45, 2.75) is 44.6 Å². The summed E-state index contributed by atoms with van der Waals surface area (Å²) in [6.45, 7) is 5.17. The number of nitrogens with one attached hydrogen (secondary N) is 1. The van der Waals surface area contributed by atoms with Gasteiger partial charge in [0.2, 0.25) is 5.91 Å². The smallest absolute Gasteiger partial charge is 0.220 e. The average molecular weight is 211 g/mol. The van der Waals surface area contributed by atoms with Crippen LogP contribution >= 0.6 is 0 Å². The summed E-state index contributed by atoms with van der Waals surface area (Å²) in [7, 11) is 0. The van der Waals surface area contributed by atoms with Crippen LogP contribution in [0, 0.1) is 0 Å². The maximum atomic E-state index is 11.4. The van der Waals surface area contributed by atoms with Crippen molar-refractivity contribution in [3.8, 4) is 0 Å². The van der Waals surface area contributed by atoms with Gasteiger partial charge in [-0.15, -0.1) is 6.58 Å². The Morgan fingerprint density at radius 2 is 2.40 bits per heavy atom. The Morgan fingerprint density at radius 1 is 1.53 bits per heavy atom. The van der Waals surface area contributed by atoms with Crippen LogP contribution in [0.3, 0.4) is 0 Å². The number of hydrogen-bond donors (Lipinski definition) is 1. The fourth-order valence-corrected chi connectivity index (χ4v) is 1.73. The van der Waals surface area contributed by atoms with Gasteiger partial charge in [-0.25, -0.2) is 0 Å². The largest absolute Gasteiger partial charge is 0.378 e. The van der Waals surface area contributed by atoms with Gasteiger partial charge in [0, 0.05) is 19.6 Å². The summed E-state index contributed by atoms with van der Waals surface area (Å²) in [5.41, 5.74) is 0. The Morgan fingerprint density at radius 3 is 3.07 bits per heavy atom. The molecule has 0 saturated carbocycles. The van der Waals surface area contributed by atoms with Crippen LogP contribution in [0.15, 0.2) is 12.7 Å². The van der Waals surface area contributed by atoms with Crippen LogP contribution in [0.4, 0.5) is 0 Å². The van der Waals surface area contributed by atoms with Crippen LogP contribution in [-0.2, 0) is 9.53 Å². The zero-order valence-electron chi connectivity index (χ0n) is 9.34. The van der Waals surface area contributed by atoms with Gasteiger partial charge in [-0.1, -0.05) is 6.08 Å². The highest BCUT2D eigenvalue weighted by Crippen LogP contribution is 2.16. The predicted octanol–water partition coefficient (Wildman–Crippen LogP) is 2.03. The Labute approximate surface area is 91.9 Å². The van der Waals surface area contributed by atoms with Crippen molar-refractivity contribution in [1.29, 1.82) is 0 Å². The molecular formula is C12H21NO2. The van der Waals surface area contributed by atoms with Crippen LogP contribution < -0.4 is 5.32 Å². The van der Waals surface area contributed by atoms with Crippen molar-refractivity contribution in [1.82, 2.24) is 5.32 Å². The lowest BCUT2D eigenvalue weighted by atomic mass is 10.0. The van der Waals surface area contributed by atoms with E-state index in [-0.39, 0.29) is 5.91 Å². The molecule has 3 heteroatoms. The monoisotopic (exact) mass is 211 g/mol. The summed E-state index contributed by atoms with van der Waals surface area (Å²) < 4.78 is 5.56. The van der Waals surface area contributed by atoms with Gasteiger partial charge in [0.25, 0.3) is 0 Å². The van der Waals surface area contributed by atoms with Crippen molar-refractivity contribution < 1.29 is 9.53 Å². The van der Waals surface area contributed by atoms with Crippen molar-refractivity contribution in [3.05, 3.63) is 12.7 Å². The molecule has 1 unspecified atom stereocenters. The highest BCUT2D eigenvalue weighted by molar-refractivity contribution is 5.75. The second-order valence-electron chi connectivity index (χ2n) is 3.95. The van der Waals surface area contributed by atoms with Gasteiger partial charge < -0.3 is 10.1 Å². The van der Waals surface area contributed by atoms with E-state index in [1.807, 2.05) is 6.08 Å². The van der Waals surface area contributed by atoms with Crippen LogP contribution in [0.25, 0.3) is 0 Å². The number of rotatable bonds is 6. The third-order valence-corrected chi connectivity index (χ3v) is 2.64. The zero-order chi connectivity index (χ0) is 10.9. The Kier molecular flexibility index (Phi) is 6.09. The third kappa shape index (κ3) is 5.57. The number of amides is 1. The summed E-state index contributed by atoms with van der Waals surface area (Å²) in [6.07, 6.45) is 7.92. The van der Waals surface area contributed by atoms with Gasteiger partial charge in [-0.05, 0) is 32.1 Å². The second-order valence-corrected chi connectivity index (χ2v) is 3.95. The van der Waals surface area contributed by atoms with Gasteiger partial charge in [-0.3, -0.25) is 4.79 Å². The molecule has 0 bridgehead atoms. The van der Waals surface area contributed by atoms with Gasteiger partial charge >= 0.3 is 0 Å². The molecule has 0 aromatic heterocycles. The van der Waals surface area contributed by atoms with E-state index in [0.29, 0.717) is 19.1 Å². The lowest BCUT2D eigenvalue weighted by Gasteiger charge is -2.22. The summed E-state index contributed by atoms with van der Waals surface area (Å²) in [5.74, 6) is 0.131. The molecule has 0 aliphatic carbocycles. The number of hydrogen-bond acceptors (Lipinski definition) is 2. The highest BCUT2D eigenvalue weighted by Gasteiger charge is 2.14. The van der Waals surface area contributed by atoms with Gasteiger partial charge in [0.05, 0.1) is 6.10 Å². The first-order valence-electron chi connectivity index (χ1n) is 5.82. The van der Waals surface area contributed by atoms with Crippen molar-refractivity contribution in [2.75, 3.05) is 13.2 Å². The number of carbonyl (C=O) groups is 1. The van der Waals surface area contributed by atoms with Crippen LogP contribution in [0.2, 0.25) is 0 Å². The lowest BCUT2D eigenvalue weighted by Crippen LogP contribution is -2.26. The van der Waals surface area contributed by atoms with Crippen LogP contribution in [-0.4, -0.2) is 25.2 Å². The highest BCUT2D eigenvalue weighted by atomic mass is 16.5. The topological polar surface area (TPSA) is 38.3 Å². The van der Waals surface area contributed by atoms with Crippen LogP contribution in [0.1, 0.15) is 38.5 Å². The molecule has 1 heterocycles. The molecule has 0 aromatic rings. The quantitative estimate of drug-likeness (QED) is 0.539.